The number of hydrogen-bond acceptors (Lipinski definition) is 4. The Bertz CT molecular complexity index is 336. The van der Waals surface area contributed by atoms with E-state index in [2.05, 4.69) is 10.2 Å². The first kappa shape index (κ1) is 13.2. The van der Waals surface area contributed by atoms with Gasteiger partial charge in [-0.25, -0.2) is 4.79 Å². The second kappa shape index (κ2) is 5.29. The van der Waals surface area contributed by atoms with Crippen LogP contribution >= 0.6 is 0 Å². The Balaban J connectivity index is 1.49. The maximum atomic E-state index is 11.6. The fourth-order valence-corrected chi connectivity index (χ4v) is 3.93. The van der Waals surface area contributed by atoms with Crippen LogP contribution in [0, 0.1) is 5.41 Å². The molecule has 0 aromatic carbocycles. The second-order valence-electron chi connectivity index (χ2n) is 6.24. The molecule has 1 saturated carbocycles. The van der Waals surface area contributed by atoms with E-state index in [1.54, 1.807) is 0 Å². The number of rotatable bonds is 2. The van der Waals surface area contributed by atoms with Crippen molar-refractivity contribution in [2.24, 2.45) is 5.41 Å². The summed E-state index contributed by atoms with van der Waals surface area (Å²) in [5.74, 6) is 0. The van der Waals surface area contributed by atoms with E-state index in [4.69, 9.17) is 4.74 Å². The van der Waals surface area contributed by atoms with Crippen LogP contribution in [-0.2, 0) is 4.74 Å². The molecule has 3 rings (SSSR count). The normalized spacial score (nSPS) is 30.4. The van der Waals surface area contributed by atoms with Crippen LogP contribution in [-0.4, -0.2) is 67.8 Å². The third-order valence-electron chi connectivity index (χ3n) is 4.92. The largest absolute Gasteiger partial charge is 0.450 e. The molecule has 3 aliphatic rings. The van der Waals surface area contributed by atoms with Gasteiger partial charge in [0.05, 0.1) is 6.61 Å². The molecule has 0 bridgehead atoms. The molecule has 1 amide bonds. The Kier molecular flexibility index (Phi) is 3.67. The zero-order valence-corrected chi connectivity index (χ0v) is 11.9. The van der Waals surface area contributed by atoms with Crippen molar-refractivity contribution in [3.63, 3.8) is 0 Å². The van der Waals surface area contributed by atoms with Crippen LogP contribution in [0.15, 0.2) is 0 Å². The van der Waals surface area contributed by atoms with Gasteiger partial charge in [-0.05, 0) is 26.2 Å². The predicted octanol–water partition coefficient (Wildman–Crippen LogP) is 0.903. The van der Waals surface area contributed by atoms with Gasteiger partial charge in [-0.1, -0.05) is 0 Å². The zero-order chi connectivity index (χ0) is 13.3. The van der Waals surface area contributed by atoms with E-state index in [0.717, 1.165) is 32.2 Å². The minimum Gasteiger partial charge on any atom is -0.450 e. The first-order valence-electron chi connectivity index (χ1n) is 7.59. The Hall–Kier alpha value is -0.810. The first-order chi connectivity index (χ1) is 9.22. The topological polar surface area (TPSA) is 44.8 Å². The van der Waals surface area contributed by atoms with Gasteiger partial charge in [-0.3, -0.25) is 4.90 Å². The van der Waals surface area contributed by atoms with Gasteiger partial charge in [0.1, 0.15) is 0 Å². The number of piperazine rings is 1. The molecule has 5 heteroatoms. The molecule has 0 radical (unpaired) electrons. The number of likely N-dealkylation sites (tertiary alicyclic amines) is 1. The number of amides is 1. The fourth-order valence-electron chi connectivity index (χ4n) is 3.93. The SMILES string of the molecule is CCOC(=O)N1CC2(CC[C@@H](N3CCNCC3)C2)C1. The maximum Gasteiger partial charge on any atom is 0.409 e. The Morgan fingerprint density at radius 1 is 1.37 bits per heavy atom. The molecule has 2 heterocycles. The summed E-state index contributed by atoms with van der Waals surface area (Å²) in [6.45, 7) is 8.78. The van der Waals surface area contributed by atoms with Crippen molar-refractivity contribution in [1.29, 1.82) is 0 Å². The van der Waals surface area contributed by atoms with E-state index in [9.17, 15) is 4.79 Å². The minimum atomic E-state index is -0.126. The van der Waals surface area contributed by atoms with E-state index < -0.39 is 0 Å². The minimum absolute atomic E-state index is 0.126. The number of nitrogens with zero attached hydrogens (tertiary/aromatic N) is 2. The van der Waals surface area contributed by atoms with Gasteiger partial charge in [-0.2, -0.15) is 0 Å². The number of carbonyl (C=O) groups excluding carboxylic acids is 1. The van der Waals surface area contributed by atoms with Gasteiger partial charge in [0, 0.05) is 50.7 Å². The number of nitrogens with one attached hydrogen (secondary N) is 1. The van der Waals surface area contributed by atoms with Crippen LogP contribution in [0.4, 0.5) is 4.79 Å². The second-order valence-corrected chi connectivity index (χ2v) is 6.24. The van der Waals surface area contributed by atoms with Crippen molar-refractivity contribution in [2.75, 3.05) is 45.9 Å². The molecule has 0 unspecified atom stereocenters. The van der Waals surface area contributed by atoms with Crippen molar-refractivity contribution < 1.29 is 9.53 Å². The van der Waals surface area contributed by atoms with Crippen molar-refractivity contribution in [2.45, 2.75) is 32.2 Å². The van der Waals surface area contributed by atoms with E-state index in [1.165, 1.54) is 32.4 Å². The average Bonchev–Trinajstić information content (AvgIpc) is 2.83. The van der Waals surface area contributed by atoms with Gasteiger partial charge in [-0.15, -0.1) is 0 Å². The Morgan fingerprint density at radius 2 is 2.11 bits per heavy atom. The summed E-state index contributed by atoms with van der Waals surface area (Å²) in [5, 5.41) is 3.41. The Labute approximate surface area is 115 Å². The van der Waals surface area contributed by atoms with Crippen molar-refractivity contribution in [3.8, 4) is 0 Å². The van der Waals surface area contributed by atoms with Crippen molar-refractivity contribution in [3.05, 3.63) is 0 Å². The molecule has 5 nitrogen and oxygen atoms in total. The highest BCUT2D eigenvalue weighted by Crippen LogP contribution is 2.47. The molecule has 1 spiro atoms. The molecular formula is C14H25N3O2. The molecule has 1 atom stereocenters. The third kappa shape index (κ3) is 2.58. The lowest BCUT2D eigenvalue weighted by Gasteiger charge is -2.48. The lowest BCUT2D eigenvalue weighted by Crippen LogP contribution is -2.58. The predicted molar refractivity (Wildman–Crippen MR) is 73.1 cm³/mol. The smallest absolute Gasteiger partial charge is 0.409 e. The molecule has 2 aliphatic heterocycles. The molecule has 0 aromatic heterocycles. The summed E-state index contributed by atoms with van der Waals surface area (Å²) < 4.78 is 5.06. The molecule has 2 saturated heterocycles. The zero-order valence-electron chi connectivity index (χ0n) is 11.9. The van der Waals surface area contributed by atoms with Gasteiger partial charge in [0.25, 0.3) is 0 Å². The van der Waals surface area contributed by atoms with Crippen LogP contribution in [0.25, 0.3) is 0 Å². The van der Waals surface area contributed by atoms with Gasteiger partial charge in [0.15, 0.2) is 0 Å². The van der Waals surface area contributed by atoms with E-state index in [-0.39, 0.29) is 6.09 Å². The molecule has 1 aliphatic carbocycles. The van der Waals surface area contributed by atoms with Crippen LogP contribution in [0.5, 0.6) is 0 Å². The highest BCUT2D eigenvalue weighted by atomic mass is 16.6. The van der Waals surface area contributed by atoms with Crippen LogP contribution in [0.3, 0.4) is 0 Å². The van der Waals surface area contributed by atoms with Crippen molar-refractivity contribution >= 4 is 6.09 Å². The van der Waals surface area contributed by atoms with Gasteiger partial charge < -0.3 is 15.0 Å². The summed E-state index contributed by atoms with van der Waals surface area (Å²) in [5.41, 5.74) is 0.405. The van der Waals surface area contributed by atoms with E-state index >= 15 is 0 Å². The number of ether oxygens (including phenoxy) is 1. The summed E-state index contributed by atoms with van der Waals surface area (Å²) in [6, 6.07) is 0.742. The van der Waals surface area contributed by atoms with E-state index in [1.807, 2.05) is 11.8 Å². The lowest BCUT2D eigenvalue weighted by atomic mass is 9.78. The molecular weight excluding hydrogens is 242 g/mol. The highest BCUT2D eigenvalue weighted by Gasteiger charge is 2.51. The molecule has 1 N–H and O–H groups in total. The molecule has 3 fully saturated rings. The first-order valence-corrected chi connectivity index (χ1v) is 7.59. The Morgan fingerprint density at radius 3 is 2.79 bits per heavy atom. The molecule has 0 aromatic rings. The monoisotopic (exact) mass is 267 g/mol. The highest BCUT2D eigenvalue weighted by molar-refractivity contribution is 5.69. The lowest BCUT2D eigenvalue weighted by molar-refractivity contribution is -0.00313. The van der Waals surface area contributed by atoms with E-state index in [0.29, 0.717) is 12.0 Å². The standard InChI is InChI=1S/C14H25N3O2/c1-2-19-13(18)17-10-14(11-17)4-3-12(9-14)16-7-5-15-6-8-16/h12,15H,2-11H2,1H3/t12-/m1/s1. The number of carbonyl (C=O) groups is 1. The summed E-state index contributed by atoms with van der Waals surface area (Å²) in [4.78, 5) is 16.1. The average molecular weight is 267 g/mol. The maximum absolute atomic E-state index is 11.6. The summed E-state index contributed by atoms with van der Waals surface area (Å²) in [6.07, 6.45) is 3.72. The van der Waals surface area contributed by atoms with Gasteiger partial charge >= 0.3 is 6.09 Å². The number of hydrogen-bond donors (Lipinski definition) is 1. The third-order valence-corrected chi connectivity index (χ3v) is 4.92. The van der Waals surface area contributed by atoms with Gasteiger partial charge in [0.2, 0.25) is 0 Å². The summed E-state index contributed by atoms with van der Waals surface area (Å²) >= 11 is 0. The van der Waals surface area contributed by atoms with Crippen molar-refractivity contribution in [1.82, 2.24) is 15.1 Å². The molecule has 108 valence electrons. The fraction of sp³-hybridized carbons (Fsp3) is 0.929. The molecule has 19 heavy (non-hydrogen) atoms. The summed E-state index contributed by atoms with van der Waals surface area (Å²) in [7, 11) is 0. The quantitative estimate of drug-likeness (QED) is 0.807. The van der Waals surface area contributed by atoms with Crippen LogP contribution in [0.1, 0.15) is 26.2 Å². The van der Waals surface area contributed by atoms with Crippen LogP contribution < -0.4 is 5.32 Å². The van der Waals surface area contributed by atoms with Crippen LogP contribution in [0.2, 0.25) is 0 Å².